The van der Waals surface area contributed by atoms with Gasteiger partial charge in [0.2, 0.25) is 0 Å². The van der Waals surface area contributed by atoms with Crippen LogP contribution < -0.4 is 51.4 Å². The average molecular weight is 346 g/mol. The smallest absolute Gasteiger partial charge is 0.743 e. The molecule has 0 aliphatic carbocycles. The fourth-order valence-electron chi connectivity index (χ4n) is 1.63. The minimum Gasteiger partial charge on any atom is -0.743 e. The van der Waals surface area contributed by atoms with E-state index in [0.29, 0.717) is 12.8 Å². The van der Waals surface area contributed by atoms with Crippen LogP contribution in [0.1, 0.15) is 58.3 Å². The van der Waals surface area contributed by atoms with Crippen molar-refractivity contribution in [2.75, 3.05) is 0 Å². The second kappa shape index (κ2) is 10.1. The summed E-state index contributed by atoms with van der Waals surface area (Å²) in [5.74, 6) is -4.81. The van der Waals surface area contributed by atoms with Crippen LogP contribution in [0, 0.1) is 0 Å². The maximum absolute atomic E-state index is 13.0. The Morgan fingerprint density at radius 2 is 1.30 bits per heavy atom. The molecule has 0 spiro atoms. The molecule has 0 aromatic heterocycles. The first-order chi connectivity index (χ1) is 8.56. The fraction of sp³-hybridized carbons (Fsp3) is 1.00. The molecule has 3 nitrogen and oxygen atoms in total. The van der Waals surface area contributed by atoms with Gasteiger partial charge in [0.15, 0.2) is 10.1 Å². The number of alkyl halides is 4. The molecule has 0 heterocycles. The minimum absolute atomic E-state index is 0. The van der Waals surface area contributed by atoms with E-state index in [0.717, 1.165) is 25.7 Å². The molecule has 0 fully saturated rings. The summed E-state index contributed by atoms with van der Waals surface area (Å²) in [4.78, 5) is 0. The van der Waals surface area contributed by atoms with Gasteiger partial charge in [0.25, 0.3) is 0 Å². The van der Waals surface area contributed by atoms with Crippen LogP contribution in [0.25, 0.3) is 0 Å². The normalized spacial score (nSPS) is 13.1. The Morgan fingerprint density at radius 3 is 1.70 bits per heavy atom. The van der Waals surface area contributed by atoms with Crippen LogP contribution in [0.5, 0.6) is 0 Å². The topological polar surface area (TPSA) is 57.2 Å². The van der Waals surface area contributed by atoms with E-state index in [1.807, 2.05) is 6.92 Å². The zero-order valence-corrected chi connectivity index (χ0v) is 15.7. The summed E-state index contributed by atoms with van der Waals surface area (Å²) < 4.78 is 81.8. The fourth-order valence-corrected chi connectivity index (χ4v) is 2.10. The molecule has 0 amide bonds. The van der Waals surface area contributed by atoms with Gasteiger partial charge in [-0.25, -0.2) is 8.42 Å². The number of halogens is 4. The third-order valence-electron chi connectivity index (χ3n) is 2.83. The number of hydrogen-bond donors (Lipinski definition) is 0. The van der Waals surface area contributed by atoms with Gasteiger partial charge in [0, 0.05) is 6.42 Å². The molecule has 20 heavy (non-hydrogen) atoms. The molecule has 0 saturated carbocycles. The van der Waals surface area contributed by atoms with Crippen LogP contribution in [-0.4, -0.2) is 24.1 Å². The van der Waals surface area contributed by atoms with Crippen LogP contribution in [0.2, 0.25) is 0 Å². The molecule has 9 heteroatoms. The van der Waals surface area contributed by atoms with Crippen molar-refractivity contribution in [2.24, 2.45) is 0 Å². The summed E-state index contributed by atoms with van der Waals surface area (Å²) in [5, 5.41) is -5.54. The molecule has 0 saturated heterocycles. The molecule has 0 unspecified atom stereocenters. The third kappa shape index (κ3) is 7.51. The Kier molecular flexibility index (Phi) is 11.9. The van der Waals surface area contributed by atoms with Crippen molar-refractivity contribution < 1.29 is 81.9 Å². The summed E-state index contributed by atoms with van der Waals surface area (Å²) in [5.41, 5.74) is 0. The number of unbranched alkanes of at least 4 members (excludes halogenated alkanes) is 6. The van der Waals surface area contributed by atoms with E-state index in [1.165, 1.54) is 0 Å². The first-order valence-corrected chi connectivity index (χ1v) is 7.68. The quantitative estimate of drug-likeness (QED) is 0.256. The predicted molar refractivity (Wildman–Crippen MR) is 62.2 cm³/mol. The van der Waals surface area contributed by atoms with Crippen molar-refractivity contribution in [3.8, 4) is 0 Å². The number of rotatable bonds is 10. The molecule has 0 aromatic rings. The Hall–Kier alpha value is 1.27. The van der Waals surface area contributed by atoms with Crippen LogP contribution in [-0.2, 0) is 10.1 Å². The Labute approximate surface area is 160 Å². The summed E-state index contributed by atoms with van der Waals surface area (Å²) in [6.07, 6.45) is 3.27. The molecule has 0 rings (SSSR count). The van der Waals surface area contributed by atoms with Gasteiger partial charge in [-0.15, -0.1) is 0 Å². The van der Waals surface area contributed by atoms with Crippen LogP contribution in [0.4, 0.5) is 17.6 Å². The molecule has 0 N–H and O–H groups in total. The Morgan fingerprint density at radius 1 is 0.900 bits per heavy atom. The molecule has 0 radical (unpaired) electrons. The van der Waals surface area contributed by atoms with Gasteiger partial charge in [0.05, 0.1) is 0 Å². The zero-order valence-electron chi connectivity index (χ0n) is 11.8. The van der Waals surface area contributed by atoms with E-state index >= 15 is 0 Å². The first kappa shape index (κ1) is 23.5. The van der Waals surface area contributed by atoms with Gasteiger partial charge >= 0.3 is 62.6 Å². The zero-order chi connectivity index (χ0) is 15.2. The van der Waals surface area contributed by atoms with Crippen molar-refractivity contribution in [1.82, 2.24) is 0 Å². The minimum atomic E-state index is -6.35. The predicted octanol–water partition coefficient (Wildman–Crippen LogP) is 0.904. The van der Waals surface area contributed by atoms with Crippen LogP contribution >= 0.6 is 0 Å². The molecular weight excluding hydrogens is 327 g/mol. The van der Waals surface area contributed by atoms with E-state index in [2.05, 4.69) is 0 Å². The molecule has 0 aromatic carbocycles. The average Bonchev–Trinajstić information content (AvgIpc) is 2.26. The van der Waals surface area contributed by atoms with Gasteiger partial charge in [-0.05, 0) is 6.42 Å². The summed E-state index contributed by atoms with van der Waals surface area (Å²) >= 11 is 0. The molecule has 0 aliphatic heterocycles. The molecule has 0 aliphatic rings. The van der Waals surface area contributed by atoms with E-state index in [-0.39, 0.29) is 57.8 Å². The molecular formula is C11H19F4KO3S. The second-order valence-electron chi connectivity index (χ2n) is 4.55. The van der Waals surface area contributed by atoms with E-state index in [9.17, 15) is 30.5 Å². The van der Waals surface area contributed by atoms with Crippen LogP contribution in [0.3, 0.4) is 0 Å². The molecule has 0 bridgehead atoms. The molecule has 0 atom stereocenters. The summed E-state index contributed by atoms with van der Waals surface area (Å²) in [7, 11) is -6.35. The van der Waals surface area contributed by atoms with Crippen molar-refractivity contribution in [2.45, 2.75) is 69.5 Å². The van der Waals surface area contributed by atoms with E-state index in [1.54, 1.807) is 0 Å². The Bertz CT molecular complexity index is 361. The standard InChI is InChI=1S/C11H20F4O3S.K/c1-2-3-4-5-6-7-8-9-10(12,13)11(14,15)19(16,17)18;/h2-9H2,1H3,(H,16,17,18);/q;+1/p-1. The van der Waals surface area contributed by atoms with Crippen molar-refractivity contribution >= 4 is 10.1 Å². The number of hydrogen-bond acceptors (Lipinski definition) is 3. The van der Waals surface area contributed by atoms with Gasteiger partial charge in [-0.2, -0.15) is 17.6 Å². The third-order valence-corrected chi connectivity index (χ3v) is 3.76. The summed E-state index contributed by atoms with van der Waals surface area (Å²) in [6.45, 7) is 2.02. The SMILES string of the molecule is CCCCCCCCCC(F)(F)C(F)(F)S(=O)(=O)[O-].[K+]. The van der Waals surface area contributed by atoms with Crippen LogP contribution in [0.15, 0.2) is 0 Å². The van der Waals surface area contributed by atoms with Gasteiger partial charge in [0.1, 0.15) is 0 Å². The van der Waals surface area contributed by atoms with Crippen molar-refractivity contribution in [1.29, 1.82) is 0 Å². The van der Waals surface area contributed by atoms with Crippen molar-refractivity contribution in [3.05, 3.63) is 0 Å². The van der Waals surface area contributed by atoms with E-state index < -0.39 is 27.7 Å². The maximum Gasteiger partial charge on any atom is 1.00 e. The van der Waals surface area contributed by atoms with Gasteiger partial charge in [-0.1, -0.05) is 45.4 Å². The molecule has 116 valence electrons. The second-order valence-corrected chi connectivity index (χ2v) is 5.97. The monoisotopic (exact) mass is 346 g/mol. The summed E-state index contributed by atoms with van der Waals surface area (Å²) in [6, 6.07) is 0. The largest absolute Gasteiger partial charge is 1.00 e. The first-order valence-electron chi connectivity index (χ1n) is 6.27. The van der Waals surface area contributed by atoms with Gasteiger partial charge < -0.3 is 4.55 Å². The van der Waals surface area contributed by atoms with Gasteiger partial charge in [-0.3, -0.25) is 0 Å². The van der Waals surface area contributed by atoms with E-state index in [4.69, 9.17) is 0 Å². The van der Waals surface area contributed by atoms with Crippen molar-refractivity contribution in [3.63, 3.8) is 0 Å². The maximum atomic E-state index is 13.0. The Balaban J connectivity index is 0.